The lowest BCUT2D eigenvalue weighted by atomic mass is 9.99. The van der Waals surface area contributed by atoms with E-state index in [0.29, 0.717) is 29.5 Å². The highest BCUT2D eigenvalue weighted by Gasteiger charge is 2.47. The first-order chi connectivity index (χ1) is 14.0. The highest BCUT2D eigenvalue weighted by atomic mass is 35.5. The van der Waals surface area contributed by atoms with Crippen LogP contribution in [0.4, 0.5) is 0 Å². The van der Waals surface area contributed by atoms with Crippen molar-refractivity contribution in [3.63, 3.8) is 0 Å². The molecule has 2 saturated heterocycles. The molecule has 29 heavy (non-hydrogen) atoms. The highest BCUT2D eigenvalue weighted by molar-refractivity contribution is 7.10. The van der Waals surface area contributed by atoms with Crippen molar-refractivity contribution in [2.75, 3.05) is 20.3 Å². The number of amides is 1. The molecular formula is C21H20ClNO5S. The second-order valence-corrected chi connectivity index (χ2v) is 8.34. The van der Waals surface area contributed by atoms with Crippen molar-refractivity contribution in [1.82, 2.24) is 4.90 Å². The van der Waals surface area contributed by atoms with Gasteiger partial charge in [-0.3, -0.25) is 9.59 Å². The maximum Gasteiger partial charge on any atom is 0.295 e. The summed E-state index contributed by atoms with van der Waals surface area (Å²) < 4.78 is 10.9. The standard InChI is InChI=1S/C21H20ClNO5S/c1-27-15-10-12(6-7-14(15)22)19(24)17-18(16-5-3-9-29-16)23(21(26)20(17)25)11-13-4-2-8-28-13/h3,5-7,9-10,13,18,24H,2,4,8,11H2,1H3/b19-17-. The first-order valence-corrected chi connectivity index (χ1v) is 10.5. The molecule has 2 aromatic rings. The molecule has 0 spiro atoms. The number of nitrogens with zero attached hydrogens (tertiary/aromatic N) is 1. The van der Waals surface area contributed by atoms with Gasteiger partial charge in [0.2, 0.25) is 0 Å². The number of Topliss-reactive ketones (excluding diaryl/α,β-unsaturated/α-hetero) is 1. The van der Waals surface area contributed by atoms with E-state index in [4.69, 9.17) is 21.1 Å². The molecule has 6 nitrogen and oxygen atoms in total. The fraction of sp³-hybridized carbons (Fsp3) is 0.333. The van der Waals surface area contributed by atoms with Crippen molar-refractivity contribution in [3.8, 4) is 5.75 Å². The van der Waals surface area contributed by atoms with Crippen molar-refractivity contribution < 1.29 is 24.2 Å². The summed E-state index contributed by atoms with van der Waals surface area (Å²) in [5.41, 5.74) is 0.433. The SMILES string of the molecule is COc1cc(/C(O)=C2/C(=O)C(=O)N(CC3CCCO3)C2c2cccs2)ccc1Cl. The third-order valence-corrected chi connectivity index (χ3v) is 6.44. The summed E-state index contributed by atoms with van der Waals surface area (Å²) in [6.45, 7) is 0.969. The van der Waals surface area contributed by atoms with Gasteiger partial charge in [0.15, 0.2) is 0 Å². The first-order valence-electron chi connectivity index (χ1n) is 9.28. The Morgan fingerprint density at radius 3 is 2.86 bits per heavy atom. The number of methoxy groups -OCH3 is 1. The maximum atomic E-state index is 12.9. The molecule has 1 amide bonds. The van der Waals surface area contributed by atoms with Crippen molar-refractivity contribution in [1.29, 1.82) is 0 Å². The molecule has 4 rings (SSSR count). The molecule has 0 aliphatic carbocycles. The zero-order valence-corrected chi connectivity index (χ0v) is 17.3. The fourth-order valence-electron chi connectivity index (χ4n) is 3.78. The minimum absolute atomic E-state index is 0.0693. The van der Waals surface area contributed by atoms with Crippen molar-refractivity contribution in [3.05, 3.63) is 56.7 Å². The molecular weight excluding hydrogens is 414 g/mol. The number of aliphatic hydroxyl groups is 1. The van der Waals surface area contributed by atoms with Crippen LogP contribution >= 0.6 is 22.9 Å². The van der Waals surface area contributed by atoms with Gasteiger partial charge in [0.25, 0.3) is 11.7 Å². The Morgan fingerprint density at radius 2 is 2.21 bits per heavy atom. The van der Waals surface area contributed by atoms with Crippen LogP contribution in [0.15, 0.2) is 41.3 Å². The monoisotopic (exact) mass is 433 g/mol. The summed E-state index contributed by atoms with van der Waals surface area (Å²) >= 11 is 7.51. The topological polar surface area (TPSA) is 76.1 Å². The molecule has 3 heterocycles. The molecule has 1 aromatic heterocycles. The Bertz CT molecular complexity index is 965. The van der Waals surface area contributed by atoms with Gasteiger partial charge in [-0.25, -0.2) is 0 Å². The Labute approximate surface area is 177 Å². The number of likely N-dealkylation sites (tertiary alicyclic amines) is 1. The lowest BCUT2D eigenvalue weighted by molar-refractivity contribution is -0.140. The number of ether oxygens (including phenoxy) is 2. The molecule has 2 atom stereocenters. The second-order valence-electron chi connectivity index (χ2n) is 6.95. The first kappa shape index (κ1) is 19.9. The Balaban J connectivity index is 1.80. The highest BCUT2D eigenvalue weighted by Crippen LogP contribution is 2.42. The number of hydrogen-bond acceptors (Lipinski definition) is 6. The van der Waals surface area contributed by atoms with Crippen LogP contribution in [0.2, 0.25) is 5.02 Å². The average molecular weight is 434 g/mol. The molecule has 2 unspecified atom stereocenters. The van der Waals surface area contributed by atoms with E-state index in [2.05, 4.69) is 0 Å². The number of carbonyl (C=O) groups excluding carboxylic acids is 2. The van der Waals surface area contributed by atoms with Crippen LogP contribution in [-0.2, 0) is 14.3 Å². The van der Waals surface area contributed by atoms with E-state index in [-0.39, 0.29) is 17.4 Å². The quantitative estimate of drug-likeness (QED) is 0.438. The molecule has 2 aliphatic heterocycles. The summed E-state index contributed by atoms with van der Waals surface area (Å²) in [6.07, 6.45) is 1.67. The Hall–Kier alpha value is -2.35. The molecule has 1 N–H and O–H groups in total. The predicted octanol–water partition coefficient (Wildman–Crippen LogP) is 4.01. The van der Waals surface area contributed by atoms with Gasteiger partial charge in [-0.15, -0.1) is 11.3 Å². The average Bonchev–Trinajstić information content (AvgIpc) is 3.47. The van der Waals surface area contributed by atoms with Crippen LogP contribution in [0, 0.1) is 0 Å². The minimum Gasteiger partial charge on any atom is -0.507 e. The van der Waals surface area contributed by atoms with E-state index in [9.17, 15) is 14.7 Å². The number of ketones is 1. The largest absolute Gasteiger partial charge is 0.507 e. The van der Waals surface area contributed by atoms with E-state index in [1.807, 2.05) is 17.5 Å². The number of thiophene rings is 1. The van der Waals surface area contributed by atoms with Gasteiger partial charge in [0.1, 0.15) is 11.5 Å². The van der Waals surface area contributed by atoms with Gasteiger partial charge >= 0.3 is 0 Å². The number of carbonyl (C=O) groups is 2. The van der Waals surface area contributed by atoms with Gasteiger partial charge in [-0.2, -0.15) is 0 Å². The van der Waals surface area contributed by atoms with Gasteiger partial charge in [-0.05, 0) is 42.5 Å². The van der Waals surface area contributed by atoms with Crippen LogP contribution in [0.25, 0.3) is 5.76 Å². The van der Waals surface area contributed by atoms with E-state index >= 15 is 0 Å². The summed E-state index contributed by atoms with van der Waals surface area (Å²) in [6, 6.07) is 7.80. The zero-order chi connectivity index (χ0) is 20.5. The van der Waals surface area contributed by atoms with Crippen molar-refractivity contribution >= 4 is 40.4 Å². The molecule has 8 heteroatoms. The van der Waals surface area contributed by atoms with Crippen molar-refractivity contribution in [2.24, 2.45) is 0 Å². The lowest BCUT2D eigenvalue weighted by Crippen LogP contribution is -2.36. The summed E-state index contributed by atoms with van der Waals surface area (Å²) in [7, 11) is 1.47. The minimum atomic E-state index is -0.701. The molecule has 152 valence electrons. The normalized spacial score (nSPS) is 23.7. The summed E-state index contributed by atoms with van der Waals surface area (Å²) in [4.78, 5) is 28.1. The van der Waals surface area contributed by atoms with Gasteiger partial charge in [0.05, 0.1) is 29.9 Å². The number of rotatable bonds is 5. The molecule has 0 radical (unpaired) electrons. The number of hydrogen-bond donors (Lipinski definition) is 1. The van der Waals surface area contributed by atoms with E-state index < -0.39 is 17.7 Å². The number of halogens is 1. The van der Waals surface area contributed by atoms with Crippen molar-refractivity contribution in [2.45, 2.75) is 25.0 Å². The third kappa shape index (κ3) is 3.66. The summed E-state index contributed by atoms with van der Waals surface area (Å²) in [5.74, 6) is -1.20. The van der Waals surface area contributed by atoms with Crippen LogP contribution in [-0.4, -0.2) is 48.1 Å². The van der Waals surface area contributed by atoms with E-state index in [1.54, 1.807) is 18.2 Å². The predicted molar refractivity (Wildman–Crippen MR) is 110 cm³/mol. The smallest absolute Gasteiger partial charge is 0.295 e. The lowest BCUT2D eigenvalue weighted by Gasteiger charge is -2.26. The second kappa shape index (κ2) is 8.18. The molecule has 2 fully saturated rings. The zero-order valence-electron chi connectivity index (χ0n) is 15.8. The van der Waals surface area contributed by atoms with Gasteiger partial charge in [-0.1, -0.05) is 17.7 Å². The van der Waals surface area contributed by atoms with Crippen LogP contribution in [0.1, 0.15) is 29.3 Å². The summed E-state index contributed by atoms with van der Waals surface area (Å²) in [5, 5.41) is 13.3. The van der Waals surface area contributed by atoms with Crippen LogP contribution < -0.4 is 4.74 Å². The fourth-order valence-corrected chi connectivity index (χ4v) is 4.82. The third-order valence-electron chi connectivity index (χ3n) is 5.20. The number of benzene rings is 1. The molecule has 2 aliphatic rings. The van der Waals surface area contributed by atoms with E-state index in [1.165, 1.54) is 23.3 Å². The maximum absolute atomic E-state index is 12.9. The van der Waals surface area contributed by atoms with Gasteiger partial charge < -0.3 is 19.5 Å². The molecule has 0 saturated carbocycles. The van der Waals surface area contributed by atoms with E-state index in [0.717, 1.165) is 17.7 Å². The molecule has 1 aromatic carbocycles. The van der Waals surface area contributed by atoms with Crippen LogP contribution in [0.3, 0.4) is 0 Å². The van der Waals surface area contributed by atoms with Crippen LogP contribution in [0.5, 0.6) is 5.75 Å². The Kier molecular flexibility index (Phi) is 5.63. The Morgan fingerprint density at radius 1 is 1.38 bits per heavy atom. The van der Waals surface area contributed by atoms with Gasteiger partial charge in [0, 0.05) is 23.6 Å². The molecule has 0 bridgehead atoms. The number of aliphatic hydroxyl groups excluding tert-OH is 1.